The molecule has 0 radical (unpaired) electrons. The summed E-state index contributed by atoms with van der Waals surface area (Å²) in [5, 5.41) is 10.0. The Morgan fingerprint density at radius 3 is 2.42 bits per heavy atom. The van der Waals surface area contributed by atoms with Crippen LogP contribution < -0.4 is 0 Å². The molecular formula is C13H7Br2ClF2O. The van der Waals surface area contributed by atoms with Crippen molar-refractivity contribution >= 4 is 43.5 Å². The molecule has 6 heteroatoms. The first-order chi connectivity index (χ1) is 8.90. The van der Waals surface area contributed by atoms with Gasteiger partial charge in [0, 0.05) is 14.5 Å². The molecule has 0 aliphatic rings. The van der Waals surface area contributed by atoms with Crippen LogP contribution in [0.1, 0.15) is 17.2 Å². The van der Waals surface area contributed by atoms with Crippen LogP contribution in [-0.4, -0.2) is 5.11 Å². The fourth-order valence-corrected chi connectivity index (χ4v) is 2.63. The standard InChI is InChI=1S/C13H7Br2ClF2O/c14-7-3-6(4-8(17)5-7)13(19)9-1-2-10(15)11(16)12(9)18/h1-5,13,19H. The van der Waals surface area contributed by atoms with E-state index in [2.05, 4.69) is 31.9 Å². The van der Waals surface area contributed by atoms with Gasteiger partial charge >= 0.3 is 0 Å². The van der Waals surface area contributed by atoms with Crippen molar-refractivity contribution in [2.24, 2.45) is 0 Å². The van der Waals surface area contributed by atoms with Crippen molar-refractivity contribution in [3.63, 3.8) is 0 Å². The summed E-state index contributed by atoms with van der Waals surface area (Å²) in [7, 11) is 0. The Kier molecular flexibility index (Phi) is 4.61. The van der Waals surface area contributed by atoms with Crippen LogP contribution in [0.2, 0.25) is 5.02 Å². The number of aliphatic hydroxyl groups is 1. The molecule has 0 saturated carbocycles. The Morgan fingerprint density at radius 2 is 1.79 bits per heavy atom. The fraction of sp³-hybridized carbons (Fsp3) is 0.0769. The largest absolute Gasteiger partial charge is 0.384 e. The second kappa shape index (κ2) is 5.87. The maximum Gasteiger partial charge on any atom is 0.149 e. The van der Waals surface area contributed by atoms with E-state index in [-0.39, 0.29) is 16.1 Å². The zero-order chi connectivity index (χ0) is 14.2. The molecule has 0 spiro atoms. The van der Waals surface area contributed by atoms with E-state index < -0.39 is 17.7 Å². The summed E-state index contributed by atoms with van der Waals surface area (Å²) >= 11 is 12.0. The van der Waals surface area contributed by atoms with Gasteiger partial charge in [-0.3, -0.25) is 0 Å². The van der Waals surface area contributed by atoms with Gasteiger partial charge in [0.15, 0.2) is 0 Å². The van der Waals surface area contributed by atoms with Crippen molar-refractivity contribution in [3.05, 3.63) is 67.1 Å². The molecule has 0 aliphatic heterocycles. The third-order valence-corrected chi connectivity index (χ3v) is 4.28. The van der Waals surface area contributed by atoms with Crippen molar-refractivity contribution in [2.75, 3.05) is 0 Å². The molecule has 100 valence electrons. The molecule has 0 saturated heterocycles. The molecule has 1 atom stereocenters. The number of hydrogen-bond acceptors (Lipinski definition) is 1. The molecule has 1 unspecified atom stereocenters. The number of rotatable bonds is 2. The number of aliphatic hydroxyl groups excluding tert-OH is 1. The molecule has 2 aromatic rings. The van der Waals surface area contributed by atoms with Crippen LogP contribution in [-0.2, 0) is 0 Å². The topological polar surface area (TPSA) is 20.2 Å². The summed E-state index contributed by atoms with van der Waals surface area (Å²) in [6, 6.07) is 6.84. The summed E-state index contributed by atoms with van der Waals surface area (Å²) in [6.07, 6.45) is -1.29. The van der Waals surface area contributed by atoms with E-state index in [0.717, 1.165) is 6.07 Å². The Balaban J connectivity index is 2.50. The van der Waals surface area contributed by atoms with E-state index in [0.29, 0.717) is 8.95 Å². The van der Waals surface area contributed by atoms with Crippen molar-refractivity contribution in [2.45, 2.75) is 6.10 Å². The smallest absolute Gasteiger partial charge is 0.149 e. The predicted octanol–water partition coefficient (Wildman–Crippen LogP) is 5.22. The normalized spacial score (nSPS) is 12.5. The zero-order valence-electron chi connectivity index (χ0n) is 9.30. The van der Waals surface area contributed by atoms with Crippen molar-refractivity contribution < 1.29 is 13.9 Å². The highest BCUT2D eigenvalue weighted by Gasteiger charge is 2.19. The summed E-state index contributed by atoms with van der Waals surface area (Å²) in [6.45, 7) is 0. The Bertz CT molecular complexity index is 614. The lowest BCUT2D eigenvalue weighted by atomic mass is 10.0. The Hall–Kier alpha value is -0.490. The molecule has 0 fully saturated rings. The van der Waals surface area contributed by atoms with Crippen LogP contribution in [0.5, 0.6) is 0 Å². The third kappa shape index (κ3) is 3.16. The van der Waals surface area contributed by atoms with Gasteiger partial charge in [-0.15, -0.1) is 0 Å². The van der Waals surface area contributed by atoms with Crippen LogP contribution in [0.15, 0.2) is 39.3 Å². The lowest BCUT2D eigenvalue weighted by Crippen LogP contribution is -2.04. The zero-order valence-corrected chi connectivity index (χ0v) is 13.2. The maximum atomic E-state index is 14.0. The average Bonchev–Trinajstić information content (AvgIpc) is 2.34. The lowest BCUT2D eigenvalue weighted by molar-refractivity contribution is 0.214. The first-order valence-corrected chi connectivity index (χ1v) is 7.14. The first-order valence-electron chi connectivity index (χ1n) is 5.17. The van der Waals surface area contributed by atoms with Gasteiger partial charge in [-0.25, -0.2) is 8.78 Å². The van der Waals surface area contributed by atoms with Crippen LogP contribution >= 0.6 is 43.5 Å². The molecule has 0 heterocycles. The van der Waals surface area contributed by atoms with Crippen molar-refractivity contribution in [1.82, 2.24) is 0 Å². The van der Waals surface area contributed by atoms with Gasteiger partial charge in [0.05, 0.1) is 5.02 Å². The average molecular weight is 412 g/mol. The highest BCUT2D eigenvalue weighted by molar-refractivity contribution is 9.10. The molecule has 19 heavy (non-hydrogen) atoms. The molecule has 0 aromatic heterocycles. The van der Waals surface area contributed by atoms with Crippen LogP contribution in [0.3, 0.4) is 0 Å². The fourth-order valence-electron chi connectivity index (χ4n) is 1.66. The monoisotopic (exact) mass is 410 g/mol. The molecule has 2 aromatic carbocycles. The molecule has 0 amide bonds. The van der Waals surface area contributed by atoms with Crippen LogP contribution in [0.4, 0.5) is 8.78 Å². The summed E-state index contributed by atoms with van der Waals surface area (Å²) in [4.78, 5) is 0. The minimum Gasteiger partial charge on any atom is -0.384 e. The first kappa shape index (κ1) is 14.9. The molecule has 0 aliphatic carbocycles. The molecule has 1 nitrogen and oxygen atoms in total. The SMILES string of the molecule is OC(c1cc(F)cc(Br)c1)c1ccc(Br)c(Cl)c1F. The van der Waals surface area contributed by atoms with E-state index in [1.807, 2.05) is 0 Å². The van der Waals surface area contributed by atoms with E-state index in [9.17, 15) is 13.9 Å². The van der Waals surface area contributed by atoms with E-state index >= 15 is 0 Å². The Morgan fingerprint density at radius 1 is 1.11 bits per heavy atom. The van der Waals surface area contributed by atoms with Crippen LogP contribution in [0.25, 0.3) is 0 Å². The minimum absolute atomic E-state index is 0.00861. The third-order valence-electron chi connectivity index (χ3n) is 2.56. The van der Waals surface area contributed by atoms with Crippen molar-refractivity contribution in [1.29, 1.82) is 0 Å². The van der Waals surface area contributed by atoms with E-state index in [1.165, 1.54) is 24.3 Å². The quantitative estimate of drug-likeness (QED) is 0.670. The van der Waals surface area contributed by atoms with Gasteiger partial charge in [-0.2, -0.15) is 0 Å². The Labute approximate surface area is 130 Å². The van der Waals surface area contributed by atoms with Crippen molar-refractivity contribution in [3.8, 4) is 0 Å². The van der Waals surface area contributed by atoms with Gasteiger partial charge in [0.25, 0.3) is 0 Å². The number of benzene rings is 2. The molecular weight excluding hydrogens is 405 g/mol. The van der Waals surface area contributed by atoms with Crippen LogP contribution in [0, 0.1) is 11.6 Å². The highest BCUT2D eigenvalue weighted by atomic mass is 79.9. The summed E-state index contributed by atoms with van der Waals surface area (Å²) < 4.78 is 28.1. The predicted molar refractivity (Wildman–Crippen MR) is 77.3 cm³/mol. The molecule has 1 N–H and O–H groups in total. The van der Waals surface area contributed by atoms with Gasteiger partial charge in [0.2, 0.25) is 0 Å². The van der Waals surface area contributed by atoms with Gasteiger partial charge in [-0.1, -0.05) is 33.6 Å². The molecule has 0 bridgehead atoms. The second-order valence-corrected chi connectivity index (χ2v) is 6.02. The summed E-state index contributed by atoms with van der Waals surface area (Å²) in [5.41, 5.74) is 0.231. The maximum absolute atomic E-state index is 14.0. The number of halogens is 5. The van der Waals surface area contributed by atoms with Gasteiger partial charge in [0.1, 0.15) is 17.7 Å². The van der Waals surface area contributed by atoms with E-state index in [4.69, 9.17) is 11.6 Å². The van der Waals surface area contributed by atoms with Gasteiger partial charge < -0.3 is 5.11 Å². The second-order valence-electron chi connectivity index (χ2n) is 3.87. The van der Waals surface area contributed by atoms with E-state index in [1.54, 1.807) is 0 Å². The molecule has 2 rings (SSSR count). The van der Waals surface area contributed by atoms with Gasteiger partial charge in [-0.05, 0) is 45.8 Å². The summed E-state index contributed by atoms with van der Waals surface area (Å²) in [5.74, 6) is -1.25. The minimum atomic E-state index is -1.29. The number of hydrogen-bond donors (Lipinski definition) is 1. The lowest BCUT2D eigenvalue weighted by Gasteiger charge is -2.14. The highest BCUT2D eigenvalue weighted by Crippen LogP contribution is 2.33.